The van der Waals surface area contributed by atoms with E-state index in [-0.39, 0.29) is 0 Å². The predicted molar refractivity (Wildman–Crippen MR) is 21.2 cm³/mol. The molecule has 0 aliphatic carbocycles. The Morgan fingerprint density at radius 1 is 1.30 bits per heavy atom. The van der Waals surface area contributed by atoms with Crippen molar-refractivity contribution < 1.29 is 26.3 Å². The molecule has 0 N–H and O–H groups in total. The largest absolute Gasteiger partial charge is 0.426 e. The maximum absolute atomic E-state index is 11.5. The molecule has 1 unspecified atom stereocenters. The first-order valence-corrected chi connectivity index (χ1v) is 2.06. The Bertz CT molecular complexity index is 133. The normalized spacial score (nSPS) is 17.2. The quantitative estimate of drug-likeness (QED) is 0.522. The lowest BCUT2D eigenvalue weighted by molar-refractivity contribution is -0.173. The van der Waals surface area contributed by atoms with Gasteiger partial charge in [0.1, 0.15) is 6.33 Å². The van der Waals surface area contributed by atoms with Gasteiger partial charge in [0.15, 0.2) is 5.83 Å². The average molecular weight is 164 g/mol. The van der Waals surface area contributed by atoms with Gasteiger partial charge in [-0.05, 0) is 0 Å². The molecule has 0 spiro atoms. The first-order valence-electron chi connectivity index (χ1n) is 2.06. The predicted octanol–water partition coefficient (Wildman–Crippen LogP) is 2.67. The van der Waals surface area contributed by atoms with Crippen LogP contribution in [0.25, 0.3) is 0 Å². The molecule has 0 aromatic carbocycles. The number of hydrogen-bond donors (Lipinski definition) is 0. The molecule has 0 saturated heterocycles. The Morgan fingerprint density at radius 2 is 1.70 bits per heavy atom. The molecular weight excluding hydrogens is 162 g/mol. The van der Waals surface area contributed by atoms with Crippen LogP contribution < -0.4 is 0 Å². The van der Waals surface area contributed by atoms with Crippen LogP contribution >= 0.6 is 0 Å². The van der Waals surface area contributed by atoms with Crippen LogP contribution in [0, 0.1) is 0 Å². The van der Waals surface area contributed by atoms with Gasteiger partial charge in [0, 0.05) is 0 Å². The zero-order valence-electron chi connectivity index (χ0n) is 4.42. The number of rotatable bonds is 1. The van der Waals surface area contributed by atoms with E-state index in [0.717, 1.165) is 0 Å². The van der Waals surface area contributed by atoms with Crippen LogP contribution in [-0.4, -0.2) is 12.3 Å². The Balaban J connectivity index is 4.23. The summed E-state index contributed by atoms with van der Waals surface area (Å²) in [4.78, 5) is 0. The summed E-state index contributed by atoms with van der Waals surface area (Å²) in [5, 5.41) is 0. The van der Waals surface area contributed by atoms with Gasteiger partial charge in [0.05, 0.1) is 0 Å². The molecule has 1 atom stereocenters. The summed E-state index contributed by atoms with van der Waals surface area (Å²) in [7, 11) is 0. The molecule has 0 aromatic heterocycles. The molecule has 6 heteroatoms. The zero-order chi connectivity index (χ0) is 8.36. The van der Waals surface area contributed by atoms with Gasteiger partial charge in [-0.2, -0.15) is 13.2 Å². The highest BCUT2D eigenvalue weighted by Crippen LogP contribution is 2.28. The highest BCUT2D eigenvalue weighted by molar-refractivity contribution is 4.97. The van der Waals surface area contributed by atoms with Crippen LogP contribution in [0.1, 0.15) is 0 Å². The summed E-state index contributed by atoms with van der Waals surface area (Å²) >= 11 is 0. The molecule has 0 fully saturated rings. The minimum absolute atomic E-state index is 1.06. The van der Waals surface area contributed by atoms with Crippen molar-refractivity contribution in [2.24, 2.45) is 0 Å². The minimum Gasteiger partial charge on any atom is -0.229 e. The minimum atomic E-state index is -5.37. The second kappa shape index (κ2) is 2.94. The third kappa shape index (κ3) is 2.28. The highest BCUT2D eigenvalue weighted by Gasteiger charge is 2.43. The second-order valence-corrected chi connectivity index (χ2v) is 1.40. The third-order valence-electron chi connectivity index (χ3n) is 0.634. The standard InChI is InChI=1S/C4H2F6/c5-1-2(6)3(7)4(8,9)10/h1,3H. The van der Waals surface area contributed by atoms with Crippen molar-refractivity contribution in [3.05, 3.63) is 12.2 Å². The molecule has 0 saturated carbocycles. The van der Waals surface area contributed by atoms with Crippen molar-refractivity contribution in [2.45, 2.75) is 12.3 Å². The summed E-state index contributed by atoms with van der Waals surface area (Å²) in [5.41, 5.74) is 0. The van der Waals surface area contributed by atoms with E-state index in [2.05, 4.69) is 0 Å². The Labute approximate surface area is 52.1 Å². The Kier molecular flexibility index (Phi) is 2.74. The van der Waals surface area contributed by atoms with Crippen LogP contribution in [0.5, 0.6) is 0 Å². The van der Waals surface area contributed by atoms with E-state index in [1.165, 1.54) is 0 Å². The third-order valence-corrected chi connectivity index (χ3v) is 0.634. The van der Waals surface area contributed by atoms with Crippen LogP contribution in [0.3, 0.4) is 0 Å². The summed E-state index contributed by atoms with van der Waals surface area (Å²) in [6.45, 7) is 0. The first kappa shape index (κ1) is 9.32. The molecular formula is C4H2F6. The molecule has 0 heterocycles. The SMILES string of the molecule is FC=C(F)C(F)C(F)(F)F. The summed E-state index contributed by atoms with van der Waals surface area (Å²) in [6.07, 6.45) is -10.3. The lowest BCUT2D eigenvalue weighted by atomic mass is 10.3. The van der Waals surface area contributed by atoms with Gasteiger partial charge in [-0.1, -0.05) is 0 Å². The number of alkyl halides is 4. The highest BCUT2D eigenvalue weighted by atomic mass is 19.4. The summed E-state index contributed by atoms with van der Waals surface area (Å²) in [6, 6.07) is 0. The van der Waals surface area contributed by atoms with Gasteiger partial charge in [-0.15, -0.1) is 0 Å². The molecule has 60 valence electrons. The summed E-state index contributed by atoms with van der Waals surface area (Å²) in [5.74, 6) is -2.47. The van der Waals surface area contributed by atoms with Gasteiger partial charge in [-0.3, -0.25) is 0 Å². The van der Waals surface area contributed by atoms with Crippen LogP contribution in [0.4, 0.5) is 26.3 Å². The van der Waals surface area contributed by atoms with Crippen molar-refractivity contribution in [3.63, 3.8) is 0 Å². The first-order chi connectivity index (χ1) is 4.39. The number of halogens is 6. The van der Waals surface area contributed by atoms with Crippen LogP contribution in [0.15, 0.2) is 12.2 Å². The molecule has 0 amide bonds. The van der Waals surface area contributed by atoms with Crippen LogP contribution in [-0.2, 0) is 0 Å². The Morgan fingerprint density at radius 3 is 1.80 bits per heavy atom. The monoisotopic (exact) mass is 164 g/mol. The van der Waals surface area contributed by atoms with Gasteiger partial charge in [0.25, 0.3) is 0 Å². The Hall–Kier alpha value is -0.680. The van der Waals surface area contributed by atoms with Crippen molar-refractivity contribution >= 4 is 0 Å². The smallest absolute Gasteiger partial charge is 0.229 e. The number of hydrogen-bond acceptors (Lipinski definition) is 0. The van der Waals surface area contributed by atoms with Gasteiger partial charge in [0.2, 0.25) is 6.17 Å². The molecule has 0 radical (unpaired) electrons. The van der Waals surface area contributed by atoms with Crippen molar-refractivity contribution in [2.75, 3.05) is 0 Å². The van der Waals surface area contributed by atoms with Gasteiger partial charge >= 0.3 is 6.18 Å². The van der Waals surface area contributed by atoms with E-state index in [1.54, 1.807) is 0 Å². The molecule has 0 aromatic rings. The second-order valence-electron chi connectivity index (χ2n) is 1.40. The fourth-order valence-electron chi connectivity index (χ4n) is 0.212. The van der Waals surface area contributed by atoms with E-state index < -0.39 is 24.5 Å². The summed E-state index contributed by atoms with van der Waals surface area (Å²) < 4.78 is 67.0. The molecule has 0 nitrogen and oxygen atoms in total. The van der Waals surface area contributed by atoms with E-state index in [1.807, 2.05) is 0 Å². The topological polar surface area (TPSA) is 0 Å². The molecule has 0 aliphatic rings. The van der Waals surface area contributed by atoms with Gasteiger partial charge < -0.3 is 0 Å². The van der Waals surface area contributed by atoms with E-state index >= 15 is 0 Å². The van der Waals surface area contributed by atoms with Crippen molar-refractivity contribution in [1.82, 2.24) is 0 Å². The zero-order valence-corrected chi connectivity index (χ0v) is 4.42. The molecule has 0 aliphatic heterocycles. The maximum atomic E-state index is 11.5. The molecule has 10 heavy (non-hydrogen) atoms. The van der Waals surface area contributed by atoms with Crippen molar-refractivity contribution in [3.8, 4) is 0 Å². The average Bonchev–Trinajstić information content (AvgIpc) is 1.83. The lowest BCUT2D eigenvalue weighted by Gasteiger charge is -2.07. The van der Waals surface area contributed by atoms with E-state index in [9.17, 15) is 26.3 Å². The fourth-order valence-corrected chi connectivity index (χ4v) is 0.212. The lowest BCUT2D eigenvalue weighted by Crippen LogP contribution is -2.24. The van der Waals surface area contributed by atoms with Gasteiger partial charge in [-0.25, -0.2) is 13.2 Å². The molecule has 0 rings (SSSR count). The molecule has 0 bridgehead atoms. The number of allylic oxidation sites excluding steroid dienone is 1. The fraction of sp³-hybridized carbons (Fsp3) is 0.500. The van der Waals surface area contributed by atoms with Crippen LogP contribution in [0.2, 0.25) is 0 Å². The van der Waals surface area contributed by atoms with E-state index in [4.69, 9.17) is 0 Å². The van der Waals surface area contributed by atoms with Crippen molar-refractivity contribution in [1.29, 1.82) is 0 Å². The maximum Gasteiger partial charge on any atom is 0.426 e. The van der Waals surface area contributed by atoms with E-state index in [0.29, 0.717) is 0 Å².